The van der Waals surface area contributed by atoms with Crippen molar-refractivity contribution in [3.63, 3.8) is 0 Å². The molecule has 132 valence electrons. The highest BCUT2D eigenvalue weighted by Gasteiger charge is 2.28. The van der Waals surface area contributed by atoms with Gasteiger partial charge in [0.15, 0.2) is 0 Å². The highest BCUT2D eigenvalue weighted by Crippen LogP contribution is 2.24. The number of aromatic nitrogens is 2. The first-order valence-corrected chi connectivity index (χ1v) is 8.48. The van der Waals surface area contributed by atoms with E-state index in [-0.39, 0.29) is 11.3 Å². The monoisotopic (exact) mass is 340 g/mol. The van der Waals surface area contributed by atoms with Crippen LogP contribution in [0.5, 0.6) is 0 Å². The Balaban J connectivity index is 1.54. The van der Waals surface area contributed by atoms with Gasteiger partial charge in [0.25, 0.3) is 5.91 Å². The van der Waals surface area contributed by atoms with E-state index in [4.69, 9.17) is 0 Å². The zero-order valence-corrected chi connectivity index (χ0v) is 14.9. The van der Waals surface area contributed by atoms with Gasteiger partial charge in [-0.25, -0.2) is 4.98 Å². The average molecular weight is 340 g/mol. The molecule has 0 aliphatic carbocycles. The molecule has 2 N–H and O–H groups in total. The summed E-state index contributed by atoms with van der Waals surface area (Å²) < 4.78 is 0. The Bertz CT molecular complexity index is 752. The fraction of sp³-hybridized carbons (Fsp3) is 0.421. The summed E-state index contributed by atoms with van der Waals surface area (Å²) in [6, 6.07) is 7.70. The van der Waals surface area contributed by atoms with Gasteiger partial charge in [-0.1, -0.05) is 32.9 Å². The van der Waals surface area contributed by atoms with Crippen molar-refractivity contribution in [2.24, 2.45) is 0 Å². The quantitative estimate of drug-likeness (QED) is 0.819. The molecule has 0 radical (unpaired) electrons. The molecule has 1 aliphatic heterocycles. The molecule has 0 bridgehead atoms. The minimum absolute atomic E-state index is 0.0700. The van der Waals surface area contributed by atoms with E-state index in [2.05, 4.69) is 36.1 Å². The van der Waals surface area contributed by atoms with Gasteiger partial charge in [-0.3, -0.25) is 9.59 Å². The molecule has 0 unspecified atom stereocenters. The lowest BCUT2D eigenvalue weighted by Crippen LogP contribution is -2.43. The molecule has 1 aromatic carbocycles. The summed E-state index contributed by atoms with van der Waals surface area (Å²) in [5, 5.41) is 2.88. The second-order valence-electron chi connectivity index (χ2n) is 7.55. The van der Waals surface area contributed by atoms with Crippen LogP contribution in [0.25, 0.3) is 0 Å². The lowest BCUT2D eigenvalue weighted by Gasteiger charge is -2.35. The van der Waals surface area contributed by atoms with E-state index in [1.807, 2.05) is 24.3 Å². The average Bonchev–Trinajstić information content (AvgIpc) is 2.99. The van der Waals surface area contributed by atoms with Crippen molar-refractivity contribution in [2.75, 3.05) is 13.1 Å². The summed E-state index contributed by atoms with van der Waals surface area (Å²) in [6.07, 6.45) is 2.64. The van der Waals surface area contributed by atoms with Gasteiger partial charge in [0.1, 0.15) is 5.82 Å². The van der Waals surface area contributed by atoms with Crippen molar-refractivity contribution in [3.8, 4) is 0 Å². The first-order chi connectivity index (χ1) is 11.9. The zero-order chi connectivity index (χ0) is 18.0. The Morgan fingerprint density at radius 2 is 2.00 bits per heavy atom. The van der Waals surface area contributed by atoms with Crippen LogP contribution in [0, 0.1) is 0 Å². The molecule has 0 saturated carbocycles. The number of rotatable bonds is 5. The predicted octanol–water partition coefficient (Wildman–Crippen LogP) is 2.19. The maximum atomic E-state index is 12.3. The molecule has 3 rings (SSSR count). The number of benzene rings is 1. The van der Waals surface area contributed by atoms with Crippen molar-refractivity contribution in [1.82, 2.24) is 20.2 Å². The van der Waals surface area contributed by atoms with E-state index >= 15 is 0 Å². The minimum Gasteiger partial charge on any atom is -0.345 e. The smallest absolute Gasteiger partial charge is 0.251 e. The van der Waals surface area contributed by atoms with Crippen molar-refractivity contribution >= 4 is 12.3 Å². The molecular formula is C19H24N4O2. The maximum Gasteiger partial charge on any atom is 0.251 e. The number of nitrogens with one attached hydrogen (secondary N) is 2. The fourth-order valence-electron chi connectivity index (χ4n) is 2.86. The lowest BCUT2D eigenvalue weighted by molar-refractivity contribution is -0.122. The summed E-state index contributed by atoms with van der Waals surface area (Å²) in [6.45, 7) is 8.23. The van der Waals surface area contributed by atoms with E-state index in [0.29, 0.717) is 18.0 Å². The highest BCUT2D eigenvalue weighted by atomic mass is 16.1. The molecule has 25 heavy (non-hydrogen) atoms. The van der Waals surface area contributed by atoms with E-state index in [9.17, 15) is 9.59 Å². The number of hydrogen-bond acceptors (Lipinski definition) is 3. The predicted molar refractivity (Wildman–Crippen MR) is 95.3 cm³/mol. The summed E-state index contributed by atoms with van der Waals surface area (Å²) in [4.78, 5) is 32.1. The third-order valence-electron chi connectivity index (χ3n) is 4.58. The number of aromatic amines is 1. The molecule has 1 fully saturated rings. The first-order valence-electron chi connectivity index (χ1n) is 8.48. The van der Waals surface area contributed by atoms with Crippen molar-refractivity contribution < 1.29 is 9.59 Å². The molecule has 6 nitrogen and oxygen atoms in total. The largest absolute Gasteiger partial charge is 0.345 e. The van der Waals surface area contributed by atoms with Gasteiger partial charge >= 0.3 is 0 Å². The van der Waals surface area contributed by atoms with Gasteiger partial charge in [-0.2, -0.15) is 0 Å². The molecule has 2 amide bonds. The van der Waals surface area contributed by atoms with Gasteiger partial charge < -0.3 is 15.2 Å². The summed E-state index contributed by atoms with van der Waals surface area (Å²) in [5.74, 6) is 0.917. The maximum absolute atomic E-state index is 12.3. The van der Waals surface area contributed by atoms with Crippen molar-refractivity contribution in [1.29, 1.82) is 0 Å². The Labute approximate surface area is 147 Å². The van der Waals surface area contributed by atoms with Crippen LogP contribution in [0.15, 0.2) is 30.5 Å². The Morgan fingerprint density at radius 3 is 2.60 bits per heavy atom. The molecule has 0 spiro atoms. The molecule has 2 heterocycles. The molecule has 2 aromatic rings. The van der Waals surface area contributed by atoms with E-state index in [0.717, 1.165) is 31.0 Å². The summed E-state index contributed by atoms with van der Waals surface area (Å²) >= 11 is 0. The summed E-state index contributed by atoms with van der Waals surface area (Å²) in [7, 11) is 0. The standard InChI is InChI=1S/C19H24N4O2/c1-19(2,3)15-6-4-13(5-7-15)18(25)21-9-17-20-8-16(22-17)14-10-23(11-14)12-24/h4-8,12,14H,9-11H2,1-3H3,(H,20,22)(H,21,25). The van der Waals surface area contributed by atoms with Crippen LogP contribution in [0.1, 0.15) is 54.1 Å². The van der Waals surface area contributed by atoms with Crippen LogP contribution in [0.4, 0.5) is 0 Å². The number of imidazole rings is 1. The van der Waals surface area contributed by atoms with Crippen molar-refractivity contribution in [2.45, 2.75) is 38.6 Å². The second-order valence-corrected chi connectivity index (χ2v) is 7.55. The Kier molecular flexibility index (Phi) is 4.61. The second kappa shape index (κ2) is 6.70. The number of likely N-dealkylation sites (tertiary alicyclic amines) is 1. The molecule has 1 aliphatic rings. The first kappa shape index (κ1) is 17.2. The van der Waals surface area contributed by atoms with Gasteiger partial charge in [0.05, 0.1) is 6.54 Å². The number of carbonyl (C=O) groups excluding carboxylic acids is 2. The van der Waals surface area contributed by atoms with Crippen LogP contribution in [0.3, 0.4) is 0 Å². The number of carbonyl (C=O) groups is 2. The lowest BCUT2D eigenvalue weighted by atomic mass is 9.87. The molecule has 0 atom stereocenters. The normalized spacial score (nSPS) is 14.9. The van der Waals surface area contributed by atoms with E-state index in [1.165, 1.54) is 5.56 Å². The van der Waals surface area contributed by atoms with Crippen LogP contribution in [-0.2, 0) is 16.8 Å². The summed E-state index contributed by atoms with van der Waals surface area (Å²) in [5.41, 5.74) is 2.92. The van der Waals surface area contributed by atoms with E-state index in [1.54, 1.807) is 11.1 Å². The van der Waals surface area contributed by atoms with Crippen LogP contribution in [0.2, 0.25) is 0 Å². The SMILES string of the molecule is CC(C)(C)c1ccc(C(=O)NCc2ncc(C3CN(C=O)C3)[nH]2)cc1. The molecule has 1 saturated heterocycles. The topological polar surface area (TPSA) is 78.1 Å². The van der Waals surface area contributed by atoms with Gasteiger partial charge in [-0.05, 0) is 23.1 Å². The van der Waals surface area contributed by atoms with E-state index < -0.39 is 0 Å². The third kappa shape index (κ3) is 3.90. The van der Waals surface area contributed by atoms with Crippen LogP contribution < -0.4 is 5.32 Å². The van der Waals surface area contributed by atoms with Crippen LogP contribution in [-0.4, -0.2) is 40.3 Å². The fourth-order valence-corrected chi connectivity index (χ4v) is 2.86. The molecule has 1 aromatic heterocycles. The Hall–Kier alpha value is -2.63. The number of hydrogen-bond donors (Lipinski definition) is 2. The van der Waals surface area contributed by atoms with Crippen molar-refractivity contribution in [3.05, 3.63) is 53.1 Å². The van der Waals surface area contributed by atoms with Crippen LogP contribution >= 0.6 is 0 Å². The van der Waals surface area contributed by atoms with Gasteiger partial charge in [-0.15, -0.1) is 0 Å². The number of nitrogens with zero attached hydrogens (tertiary/aromatic N) is 2. The zero-order valence-electron chi connectivity index (χ0n) is 14.9. The minimum atomic E-state index is -0.116. The van der Waals surface area contributed by atoms with Gasteiger partial charge in [0.2, 0.25) is 6.41 Å². The number of H-pyrrole nitrogens is 1. The highest BCUT2D eigenvalue weighted by molar-refractivity contribution is 5.94. The molecule has 6 heteroatoms. The number of amides is 2. The third-order valence-corrected chi connectivity index (χ3v) is 4.58. The van der Waals surface area contributed by atoms with Gasteiger partial charge in [0, 0.05) is 36.5 Å². The Morgan fingerprint density at radius 1 is 1.32 bits per heavy atom. The molecular weight excluding hydrogens is 316 g/mol.